The van der Waals surface area contributed by atoms with E-state index in [2.05, 4.69) is 178 Å². The molecule has 5 aromatic heterocycles. The minimum Gasteiger partial charge on any atom is -0.456 e. The molecule has 0 amide bonds. The number of thiophene rings is 1. The van der Waals surface area contributed by atoms with E-state index in [4.69, 9.17) is 9.40 Å². The van der Waals surface area contributed by atoms with Crippen molar-refractivity contribution in [2.24, 2.45) is 0 Å². The normalized spacial score (nSPS) is 12.8. The van der Waals surface area contributed by atoms with Crippen LogP contribution in [-0.4, -0.2) is 20.7 Å². The molecule has 0 fully saturated rings. The third kappa shape index (κ3) is 4.60. The Morgan fingerprint density at radius 3 is 1.98 bits per heavy atom. The quantitative estimate of drug-likeness (QED) is 0.194. The highest BCUT2D eigenvalue weighted by molar-refractivity contribution is 7.25. The van der Waals surface area contributed by atoms with E-state index < -0.39 is 0 Å². The molecule has 0 atom stereocenters. The molecule has 7 aromatic carbocycles. The molecule has 0 unspecified atom stereocenters. The van der Waals surface area contributed by atoms with Gasteiger partial charge < -0.3 is 18.9 Å². The molecule has 0 saturated carbocycles. The van der Waals surface area contributed by atoms with Crippen LogP contribution in [0.4, 0.5) is 5.69 Å². The Kier molecular flexibility index (Phi) is 6.60. The Morgan fingerprint density at radius 1 is 0.500 bits per heavy atom. The second kappa shape index (κ2) is 12.0. The molecule has 13 rings (SSSR count). The number of furan rings is 1. The van der Waals surface area contributed by atoms with E-state index in [1.54, 1.807) is 0 Å². The molecule has 6 heteroatoms. The van der Waals surface area contributed by atoms with Crippen LogP contribution in [-0.2, 0) is 0 Å². The van der Waals surface area contributed by atoms with Crippen molar-refractivity contribution in [3.05, 3.63) is 176 Å². The van der Waals surface area contributed by atoms with Crippen molar-refractivity contribution in [2.75, 3.05) is 11.9 Å². The summed E-state index contributed by atoms with van der Waals surface area (Å²) in [6, 6.07) is 57.2. The lowest BCUT2D eigenvalue weighted by Crippen LogP contribution is -2.05. The van der Waals surface area contributed by atoms with Gasteiger partial charge in [0.25, 0.3) is 0 Å². The molecular formula is C52H32N4OS. The van der Waals surface area contributed by atoms with Crippen LogP contribution >= 0.6 is 11.3 Å². The van der Waals surface area contributed by atoms with Gasteiger partial charge in [0.1, 0.15) is 11.2 Å². The lowest BCUT2D eigenvalue weighted by atomic mass is 9.97. The zero-order valence-corrected chi connectivity index (χ0v) is 31.9. The summed E-state index contributed by atoms with van der Waals surface area (Å²) in [5.74, 6) is 0. The summed E-state index contributed by atoms with van der Waals surface area (Å²) in [4.78, 5) is 4.76. The number of benzene rings is 7. The number of hydrogen-bond acceptors (Lipinski definition) is 4. The summed E-state index contributed by atoms with van der Waals surface area (Å²) in [5.41, 5.74) is 15.6. The highest BCUT2D eigenvalue weighted by Gasteiger charge is 2.20. The molecule has 58 heavy (non-hydrogen) atoms. The summed E-state index contributed by atoms with van der Waals surface area (Å²) in [6.07, 6.45) is 6.30. The molecule has 0 aliphatic carbocycles. The Bertz CT molecular complexity index is 3650. The predicted molar refractivity (Wildman–Crippen MR) is 244 cm³/mol. The van der Waals surface area contributed by atoms with Gasteiger partial charge in [-0.3, -0.25) is 4.98 Å². The number of aromatic nitrogens is 3. The van der Waals surface area contributed by atoms with E-state index in [1.807, 2.05) is 23.6 Å². The third-order valence-electron chi connectivity index (χ3n) is 12.0. The van der Waals surface area contributed by atoms with Gasteiger partial charge in [-0.05, 0) is 119 Å². The van der Waals surface area contributed by atoms with Crippen LogP contribution in [0.15, 0.2) is 174 Å². The van der Waals surface area contributed by atoms with Crippen LogP contribution in [0.5, 0.6) is 0 Å². The number of fused-ring (bicyclic) bond motifs is 12. The van der Waals surface area contributed by atoms with Crippen molar-refractivity contribution in [3.63, 3.8) is 0 Å². The van der Waals surface area contributed by atoms with E-state index in [0.717, 1.165) is 62.0 Å². The fourth-order valence-electron chi connectivity index (χ4n) is 9.32. The SMILES string of the molecule is C1=Cc2c(c3ccccc3n2-c2ccc3oc4ccc(-c5cccc(-c6ccc7sc8ccc(-n9c%10ccccc%10c%10ncccc%109)cc8c7c6)c5)cc4c3c2)NC1. The number of nitrogens with zero attached hydrogens (tertiary/aromatic N) is 3. The second-order valence-corrected chi connectivity index (χ2v) is 16.3. The number of nitrogens with one attached hydrogen (secondary N) is 1. The van der Waals surface area contributed by atoms with Crippen LogP contribution in [0.2, 0.25) is 0 Å². The molecule has 1 aliphatic rings. The van der Waals surface area contributed by atoms with Gasteiger partial charge in [0, 0.05) is 65.8 Å². The van der Waals surface area contributed by atoms with Gasteiger partial charge in [-0.1, -0.05) is 72.8 Å². The molecule has 0 spiro atoms. The van der Waals surface area contributed by atoms with E-state index >= 15 is 0 Å². The molecule has 0 bridgehead atoms. The van der Waals surface area contributed by atoms with Gasteiger partial charge in [0.2, 0.25) is 0 Å². The minimum atomic E-state index is 0.833. The molecule has 5 nitrogen and oxygen atoms in total. The summed E-state index contributed by atoms with van der Waals surface area (Å²) < 4.78 is 13.7. The van der Waals surface area contributed by atoms with Crippen LogP contribution in [0.3, 0.4) is 0 Å². The number of para-hydroxylation sites is 2. The predicted octanol–water partition coefficient (Wildman–Crippen LogP) is 14.2. The summed E-state index contributed by atoms with van der Waals surface area (Å²) >= 11 is 1.85. The largest absolute Gasteiger partial charge is 0.456 e. The average Bonchev–Trinajstić information content (AvgIpc) is 4.03. The van der Waals surface area contributed by atoms with Crippen molar-refractivity contribution in [2.45, 2.75) is 0 Å². The first kappa shape index (κ1) is 31.8. The van der Waals surface area contributed by atoms with Crippen molar-refractivity contribution < 1.29 is 4.42 Å². The second-order valence-electron chi connectivity index (χ2n) is 15.2. The lowest BCUT2D eigenvalue weighted by Gasteiger charge is -2.13. The minimum absolute atomic E-state index is 0.833. The first-order valence-electron chi connectivity index (χ1n) is 19.7. The molecular weight excluding hydrogens is 729 g/mol. The van der Waals surface area contributed by atoms with Crippen molar-refractivity contribution in [1.29, 1.82) is 0 Å². The smallest absolute Gasteiger partial charge is 0.135 e. The molecule has 0 radical (unpaired) electrons. The molecule has 0 saturated heterocycles. The van der Waals surface area contributed by atoms with Gasteiger partial charge >= 0.3 is 0 Å². The Labute approximate surface area is 336 Å². The number of anilines is 1. The first-order valence-corrected chi connectivity index (χ1v) is 20.5. The van der Waals surface area contributed by atoms with Crippen LogP contribution < -0.4 is 5.32 Å². The number of rotatable bonds is 4. The zero-order chi connectivity index (χ0) is 37.9. The maximum absolute atomic E-state index is 6.41. The first-order chi connectivity index (χ1) is 28.7. The van der Waals surface area contributed by atoms with Gasteiger partial charge in [-0.2, -0.15) is 0 Å². The zero-order valence-electron chi connectivity index (χ0n) is 31.1. The Balaban J connectivity index is 0.905. The highest BCUT2D eigenvalue weighted by atomic mass is 32.1. The van der Waals surface area contributed by atoms with Gasteiger partial charge in [0.05, 0.1) is 33.4 Å². The topological polar surface area (TPSA) is 47.9 Å². The fraction of sp³-hybridized carbons (Fsp3) is 0.0192. The maximum atomic E-state index is 6.41. The van der Waals surface area contributed by atoms with E-state index in [9.17, 15) is 0 Å². The van der Waals surface area contributed by atoms with Crippen molar-refractivity contribution in [3.8, 4) is 33.6 Å². The van der Waals surface area contributed by atoms with E-state index in [0.29, 0.717) is 0 Å². The van der Waals surface area contributed by atoms with Crippen LogP contribution in [0.25, 0.3) is 115 Å². The van der Waals surface area contributed by atoms with Gasteiger partial charge in [-0.15, -0.1) is 11.3 Å². The Hall–Kier alpha value is -7.41. The van der Waals surface area contributed by atoms with Gasteiger partial charge in [0.15, 0.2) is 0 Å². The standard InChI is InChI=1S/C52H32N4OS/c1-3-12-43-37(10-1)51-45(14-6-24-53-51)55(43)35-18-21-48-40(29-35)39-27-33(16-20-47(39)57-48)31-8-5-9-32(26-31)34-17-22-49-41(28-34)42-30-36(19-23-50(42)58-49)56-44-13-4-2-11-38(44)52-46(56)15-7-25-54-52/h1-23,25-30,53H,24H2. The molecule has 1 N–H and O–H groups in total. The molecule has 272 valence electrons. The molecule has 6 heterocycles. The van der Waals surface area contributed by atoms with Gasteiger partial charge in [-0.25, -0.2) is 0 Å². The Morgan fingerprint density at radius 2 is 1.12 bits per heavy atom. The third-order valence-corrected chi connectivity index (χ3v) is 13.1. The van der Waals surface area contributed by atoms with Crippen LogP contribution in [0.1, 0.15) is 5.69 Å². The summed E-state index contributed by atoms with van der Waals surface area (Å²) in [5, 5.41) is 10.8. The monoisotopic (exact) mass is 760 g/mol. The fourth-order valence-corrected chi connectivity index (χ4v) is 10.4. The average molecular weight is 761 g/mol. The number of hydrogen-bond donors (Lipinski definition) is 1. The highest BCUT2D eigenvalue weighted by Crippen LogP contribution is 2.42. The van der Waals surface area contributed by atoms with Crippen molar-refractivity contribution >= 4 is 98.1 Å². The lowest BCUT2D eigenvalue weighted by molar-refractivity contribution is 0.669. The van der Waals surface area contributed by atoms with Crippen molar-refractivity contribution in [1.82, 2.24) is 14.1 Å². The summed E-state index contributed by atoms with van der Waals surface area (Å²) in [7, 11) is 0. The molecule has 12 aromatic rings. The maximum Gasteiger partial charge on any atom is 0.135 e. The van der Waals surface area contributed by atoms with E-state index in [1.165, 1.54) is 64.5 Å². The van der Waals surface area contributed by atoms with Crippen LogP contribution in [0, 0.1) is 0 Å². The summed E-state index contributed by atoms with van der Waals surface area (Å²) in [6.45, 7) is 0.833. The number of pyridine rings is 1. The molecule has 1 aliphatic heterocycles. The van der Waals surface area contributed by atoms with E-state index in [-0.39, 0.29) is 0 Å².